The van der Waals surface area contributed by atoms with Gasteiger partial charge in [-0.1, -0.05) is 41.9 Å². The van der Waals surface area contributed by atoms with Crippen LogP contribution in [-0.2, 0) is 14.8 Å². The number of nitrogens with zero attached hydrogens (tertiary/aromatic N) is 2. The summed E-state index contributed by atoms with van der Waals surface area (Å²) in [7, 11) is -3.47. The van der Waals surface area contributed by atoms with E-state index in [1.54, 1.807) is 30.3 Å². The summed E-state index contributed by atoms with van der Waals surface area (Å²) in [6, 6.07) is 16.2. The van der Waals surface area contributed by atoms with Crippen LogP contribution in [0.25, 0.3) is 6.08 Å². The van der Waals surface area contributed by atoms with E-state index in [9.17, 15) is 13.2 Å². The van der Waals surface area contributed by atoms with E-state index in [0.29, 0.717) is 36.9 Å². The van der Waals surface area contributed by atoms with Gasteiger partial charge < -0.3 is 5.32 Å². The van der Waals surface area contributed by atoms with Gasteiger partial charge in [-0.05, 0) is 35.9 Å². The van der Waals surface area contributed by atoms with Gasteiger partial charge in [0.1, 0.15) is 0 Å². The van der Waals surface area contributed by atoms with Crippen LogP contribution in [0.3, 0.4) is 0 Å². The molecule has 0 aliphatic carbocycles. The second-order valence-electron chi connectivity index (χ2n) is 6.49. The summed E-state index contributed by atoms with van der Waals surface area (Å²) in [5.41, 5.74) is 1.52. The Labute approximate surface area is 170 Å². The van der Waals surface area contributed by atoms with Gasteiger partial charge in [0, 0.05) is 42.3 Å². The molecule has 6 nitrogen and oxygen atoms in total. The lowest BCUT2D eigenvalue weighted by Crippen LogP contribution is -2.49. The highest BCUT2D eigenvalue weighted by Crippen LogP contribution is 2.14. The molecule has 2 aromatic rings. The van der Waals surface area contributed by atoms with Crippen molar-refractivity contribution < 1.29 is 13.2 Å². The van der Waals surface area contributed by atoms with Crippen LogP contribution in [0.2, 0.25) is 5.02 Å². The molecule has 1 fully saturated rings. The van der Waals surface area contributed by atoms with Gasteiger partial charge in [0.15, 0.2) is 0 Å². The summed E-state index contributed by atoms with van der Waals surface area (Å²) in [6.07, 6.45) is 1.60. The third-order valence-corrected chi connectivity index (χ3v) is 6.24. The Morgan fingerprint density at radius 1 is 1.00 bits per heavy atom. The Hall–Kier alpha value is -2.19. The highest BCUT2D eigenvalue weighted by Gasteiger charge is 2.25. The average molecular weight is 420 g/mol. The molecule has 3 rings (SSSR count). The molecule has 148 valence electrons. The fourth-order valence-electron chi connectivity index (χ4n) is 2.89. The highest BCUT2D eigenvalue weighted by atomic mass is 35.5. The minimum atomic E-state index is -3.47. The van der Waals surface area contributed by atoms with Crippen LogP contribution < -0.4 is 5.32 Å². The number of anilines is 1. The minimum absolute atomic E-state index is 0.136. The van der Waals surface area contributed by atoms with Crippen molar-refractivity contribution in [2.24, 2.45) is 0 Å². The van der Waals surface area contributed by atoms with Gasteiger partial charge in [-0.15, -0.1) is 0 Å². The Morgan fingerprint density at radius 2 is 1.64 bits per heavy atom. The molecular weight excluding hydrogens is 398 g/mol. The summed E-state index contributed by atoms with van der Waals surface area (Å²) in [4.78, 5) is 14.1. The first-order valence-corrected chi connectivity index (χ1v) is 10.8. The number of piperazine rings is 1. The smallest absolute Gasteiger partial charge is 0.238 e. The summed E-state index contributed by atoms with van der Waals surface area (Å²) in [6.45, 7) is 1.95. The predicted octanol–water partition coefficient (Wildman–Crippen LogP) is 2.90. The lowest BCUT2D eigenvalue weighted by molar-refractivity contribution is -0.117. The van der Waals surface area contributed by atoms with Gasteiger partial charge in [-0.25, -0.2) is 8.42 Å². The summed E-state index contributed by atoms with van der Waals surface area (Å²) >= 11 is 5.83. The number of hydrogen-bond donors (Lipinski definition) is 1. The molecule has 2 aromatic carbocycles. The van der Waals surface area contributed by atoms with E-state index in [4.69, 9.17) is 11.6 Å². The molecule has 1 N–H and O–H groups in total. The monoisotopic (exact) mass is 419 g/mol. The fourth-order valence-corrected chi connectivity index (χ4v) is 4.19. The average Bonchev–Trinajstić information content (AvgIpc) is 2.69. The molecule has 8 heteroatoms. The van der Waals surface area contributed by atoms with Crippen molar-refractivity contribution in [2.45, 2.75) is 0 Å². The molecular formula is C20H22ClN3O3S. The first kappa shape index (κ1) is 20.5. The van der Waals surface area contributed by atoms with Crippen molar-refractivity contribution >= 4 is 39.3 Å². The van der Waals surface area contributed by atoms with Gasteiger partial charge in [-0.3, -0.25) is 9.69 Å². The van der Waals surface area contributed by atoms with Crippen LogP contribution in [0.1, 0.15) is 5.56 Å². The molecule has 0 saturated carbocycles. The molecule has 1 aliphatic rings. The Bertz CT molecular complexity index is 923. The number of sulfonamides is 1. The molecule has 0 radical (unpaired) electrons. The van der Waals surface area contributed by atoms with E-state index in [1.165, 1.54) is 9.71 Å². The Morgan fingerprint density at radius 3 is 2.29 bits per heavy atom. The number of amides is 1. The zero-order valence-electron chi connectivity index (χ0n) is 15.3. The Balaban J connectivity index is 1.49. The van der Waals surface area contributed by atoms with Crippen molar-refractivity contribution in [2.75, 3.05) is 38.0 Å². The van der Waals surface area contributed by atoms with Crippen molar-refractivity contribution in [1.82, 2.24) is 9.21 Å². The Kier molecular flexibility index (Phi) is 6.85. The molecule has 0 atom stereocenters. The second-order valence-corrected chi connectivity index (χ2v) is 8.74. The first-order valence-electron chi connectivity index (χ1n) is 8.93. The van der Waals surface area contributed by atoms with E-state index in [-0.39, 0.29) is 12.5 Å². The maximum Gasteiger partial charge on any atom is 0.238 e. The third-order valence-electron chi connectivity index (χ3n) is 4.42. The number of halogens is 1. The summed E-state index contributed by atoms with van der Waals surface area (Å²) < 4.78 is 26.4. The van der Waals surface area contributed by atoms with Crippen LogP contribution >= 0.6 is 11.6 Å². The van der Waals surface area contributed by atoms with E-state index < -0.39 is 10.0 Å². The molecule has 0 bridgehead atoms. The molecule has 1 saturated heterocycles. The molecule has 1 aliphatic heterocycles. The zero-order valence-corrected chi connectivity index (χ0v) is 16.9. The van der Waals surface area contributed by atoms with Crippen LogP contribution in [-0.4, -0.2) is 56.3 Å². The summed E-state index contributed by atoms with van der Waals surface area (Å²) in [5, 5.41) is 4.66. The fraction of sp³-hybridized carbons (Fsp3) is 0.250. The molecule has 1 heterocycles. The lowest BCUT2D eigenvalue weighted by atomic mass is 10.2. The predicted molar refractivity (Wildman–Crippen MR) is 112 cm³/mol. The topological polar surface area (TPSA) is 69.7 Å². The van der Waals surface area contributed by atoms with Gasteiger partial charge in [0.2, 0.25) is 15.9 Å². The van der Waals surface area contributed by atoms with E-state index in [1.807, 2.05) is 35.2 Å². The SMILES string of the molecule is O=C(CN1CCN(S(=O)(=O)/C=C/c2ccccc2)CC1)Nc1ccc(Cl)cc1. The number of hydrogen-bond acceptors (Lipinski definition) is 4. The van der Waals surface area contributed by atoms with Crippen LogP contribution in [0.5, 0.6) is 0 Å². The number of nitrogens with one attached hydrogen (secondary N) is 1. The standard InChI is InChI=1S/C20H22ClN3O3S/c21-18-6-8-19(9-7-18)22-20(25)16-23-11-13-24(14-12-23)28(26,27)15-10-17-4-2-1-3-5-17/h1-10,15H,11-14,16H2,(H,22,25)/b15-10+. The van der Waals surface area contributed by atoms with Crippen LogP contribution in [0.4, 0.5) is 5.69 Å². The van der Waals surface area contributed by atoms with Gasteiger partial charge in [0.05, 0.1) is 6.54 Å². The maximum atomic E-state index is 12.5. The maximum absolute atomic E-state index is 12.5. The third kappa shape index (κ3) is 5.90. The lowest BCUT2D eigenvalue weighted by Gasteiger charge is -2.32. The van der Waals surface area contributed by atoms with E-state index in [2.05, 4.69) is 5.32 Å². The minimum Gasteiger partial charge on any atom is -0.325 e. The zero-order chi connectivity index (χ0) is 20.0. The van der Waals surface area contributed by atoms with Crippen molar-refractivity contribution in [3.63, 3.8) is 0 Å². The van der Waals surface area contributed by atoms with Crippen molar-refractivity contribution in [3.8, 4) is 0 Å². The molecule has 0 unspecified atom stereocenters. The number of carbonyl (C=O) groups excluding carboxylic acids is 1. The number of rotatable bonds is 6. The van der Waals surface area contributed by atoms with E-state index in [0.717, 1.165) is 5.56 Å². The van der Waals surface area contributed by atoms with Gasteiger partial charge >= 0.3 is 0 Å². The van der Waals surface area contributed by atoms with Gasteiger partial charge in [0.25, 0.3) is 0 Å². The normalized spacial score (nSPS) is 16.3. The molecule has 0 spiro atoms. The quantitative estimate of drug-likeness (QED) is 0.781. The summed E-state index contributed by atoms with van der Waals surface area (Å²) in [5.74, 6) is -0.136. The molecule has 1 amide bonds. The second kappa shape index (κ2) is 9.34. The number of carbonyl (C=O) groups is 1. The largest absolute Gasteiger partial charge is 0.325 e. The van der Waals surface area contributed by atoms with E-state index >= 15 is 0 Å². The van der Waals surface area contributed by atoms with Gasteiger partial charge in [-0.2, -0.15) is 4.31 Å². The highest BCUT2D eigenvalue weighted by molar-refractivity contribution is 7.92. The van der Waals surface area contributed by atoms with Crippen molar-refractivity contribution in [3.05, 3.63) is 70.6 Å². The van der Waals surface area contributed by atoms with Crippen LogP contribution in [0.15, 0.2) is 60.0 Å². The molecule has 28 heavy (non-hydrogen) atoms. The first-order chi connectivity index (χ1) is 13.4. The number of benzene rings is 2. The van der Waals surface area contributed by atoms with Crippen molar-refractivity contribution in [1.29, 1.82) is 0 Å². The molecule has 0 aromatic heterocycles. The van der Waals surface area contributed by atoms with Crippen LogP contribution in [0, 0.1) is 0 Å².